The van der Waals surface area contributed by atoms with Crippen LogP contribution in [0.2, 0.25) is 0 Å². The minimum atomic E-state index is 0.698. The van der Waals surface area contributed by atoms with Gasteiger partial charge >= 0.3 is 0 Å². The van der Waals surface area contributed by atoms with Crippen LogP contribution >= 0.6 is 0 Å². The van der Waals surface area contributed by atoms with Crippen LogP contribution in [0, 0.1) is 15.5 Å². The smallest absolute Gasteiger partial charge is 0.255 e. The lowest BCUT2D eigenvalue weighted by Crippen LogP contribution is -2.17. The van der Waals surface area contributed by atoms with Gasteiger partial charge in [0.15, 0.2) is 0 Å². The third kappa shape index (κ3) is 1.10. The molecule has 2 aliphatic rings. The predicted molar refractivity (Wildman–Crippen MR) is 68.9 cm³/mol. The topological polar surface area (TPSA) is 33.0 Å². The third-order valence-electron chi connectivity index (χ3n) is 3.36. The van der Waals surface area contributed by atoms with E-state index in [0.717, 1.165) is 31.3 Å². The molecule has 4 rings (SSSR count). The molecule has 0 radical (unpaired) electrons. The highest BCUT2D eigenvalue weighted by Gasteiger charge is 2.23. The number of benzene rings is 1. The van der Waals surface area contributed by atoms with Crippen LogP contribution in [-0.2, 0) is 0 Å². The Morgan fingerprint density at radius 1 is 1.11 bits per heavy atom. The second-order valence-corrected chi connectivity index (χ2v) is 4.39. The molecule has 84 valence electrons. The number of hydrogen-bond acceptors (Lipinski definition) is 2. The lowest BCUT2D eigenvalue weighted by Gasteiger charge is -2.00. The van der Waals surface area contributed by atoms with E-state index in [-0.39, 0.29) is 0 Å². The van der Waals surface area contributed by atoms with Crippen molar-refractivity contribution in [3.63, 3.8) is 0 Å². The first-order chi connectivity index (χ1) is 8.84. The summed E-state index contributed by atoms with van der Waals surface area (Å²) in [7, 11) is 0. The van der Waals surface area contributed by atoms with Crippen molar-refractivity contribution in [1.82, 2.24) is 4.98 Å². The molecule has 0 atom stereocenters. The van der Waals surface area contributed by atoms with E-state index < -0.39 is 0 Å². The standard InChI is InChI=1S/C15H9N2O/c18-17-9-11-4-2-8-16-14(11)13-7-6-10-3-1-5-12(10)15(13)17/h1-9H/q+1. The highest BCUT2D eigenvalue weighted by Crippen LogP contribution is 2.22. The minimum absolute atomic E-state index is 0.698. The fourth-order valence-corrected chi connectivity index (χ4v) is 2.56. The van der Waals surface area contributed by atoms with Gasteiger partial charge in [0.2, 0.25) is 6.20 Å². The molecule has 0 saturated carbocycles. The van der Waals surface area contributed by atoms with Crippen LogP contribution in [-0.4, -0.2) is 9.74 Å². The number of rotatable bonds is 0. The summed E-state index contributed by atoms with van der Waals surface area (Å²) in [5.74, 6) is 0. The van der Waals surface area contributed by atoms with E-state index in [1.165, 1.54) is 0 Å². The second-order valence-electron chi connectivity index (χ2n) is 4.39. The van der Waals surface area contributed by atoms with E-state index in [1.54, 1.807) is 12.4 Å². The van der Waals surface area contributed by atoms with E-state index >= 15 is 0 Å². The Kier molecular flexibility index (Phi) is 1.70. The molecule has 3 nitrogen and oxygen atoms in total. The molecule has 0 amide bonds. The van der Waals surface area contributed by atoms with Gasteiger partial charge in [-0.25, -0.2) is 0 Å². The van der Waals surface area contributed by atoms with Gasteiger partial charge in [0.1, 0.15) is 0 Å². The molecule has 1 aliphatic heterocycles. The maximum Gasteiger partial charge on any atom is 0.279 e. The van der Waals surface area contributed by atoms with Crippen LogP contribution < -0.4 is 10.4 Å². The van der Waals surface area contributed by atoms with E-state index in [2.05, 4.69) is 4.98 Å². The molecule has 1 aromatic heterocycles. The highest BCUT2D eigenvalue weighted by molar-refractivity contribution is 5.73. The number of nitroso groups, excluding NO2 is 1. The van der Waals surface area contributed by atoms with Crippen LogP contribution in [0.3, 0.4) is 0 Å². The third-order valence-corrected chi connectivity index (χ3v) is 3.36. The Bertz CT molecular complexity index is 939. The molecule has 2 aromatic rings. The SMILES string of the molecule is O=[N+]1C=c2cccnc2=c2ccc3c(c21)C=CC=3. The van der Waals surface area contributed by atoms with Gasteiger partial charge in [-0.2, -0.15) is 0 Å². The summed E-state index contributed by atoms with van der Waals surface area (Å²) in [5.41, 5.74) is 1.68. The molecular formula is C15H9N2O+. The summed E-state index contributed by atoms with van der Waals surface area (Å²) in [5, 5.41) is 3.73. The van der Waals surface area contributed by atoms with Crippen molar-refractivity contribution >= 4 is 24.0 Å². The van der Waals surface area contributed by atoms with Gasteiger partial charge in [0.25, 0.3) is 5.69 Å². The zero-order chi connectivity index (χ0) is 12.1. The van der Waals surface area contributed by atoms with Gasteiger partial charge in [-0.3, -0.25) is 4.98 Å². The average molecular weight is 233 g/mol. The van der Waals surface area contributed by atoms with Crippen molar-refractivity contribution in [3.05, 3.63) is 68.0 Å². The second kappa shape index (κ2) is 3.23. The fraction of sp³-hybridized carbons (Fsp3) is 0. The fourth-order valence-electron chi connectivity index (χ4n) is 2.56. The molecule has 0 unspecified atom stereocenters. The van der Waals surface area contributed by atoms with Gasteiger partial charge in [-0.15, -0.1) is 0 Å². The summed E-state index contributed by atoms with van der Waals surface area (Å²) in [6.45, 7) is 0. The van der Waals surface area contributed by atoms with Crippen molar-refractivity contribution in [2.75, 3.05) is 0 Å². The molecule has 2 heterocycles. The van der Waals surface area contributed by atoms with Gasteiger partial charge < -0.3 is 0 Å². The van der Waals surface area contributed by atoms with Crippen LogP contribution in [0.1, 0.15) is 5.56 Å². The highest BCUT2D eigenvalue weighted by atomic mass is 16.3. The lowest BCUT2D eigenvalue weighted by molar-refractivity contribution is -0.347. The lowest BCUT2D eigenvalue weighted by atomic mass is 10.1. The van der Waals surface area contributed by atoms with E-state index in [9.17, 15) is 4.91 Å². The Labute approximate surface area is 102 Å². The van der Waals surface area contributed by atoms with Crippen molar-refractivity contribution in [2.45, 2.75) is 0 Å². The zero-order valence-electron chi connectivity index (χ0n) is 9.50. The Morgan fingerprint density at radius 3 is 3.00 bits per heavy atom. The first-order valence-electron chi connectivity index (χ1n) is 5.79. The molecule has 0 N–H and O–H groups in total. The summed E-state index contributed by atoms with van der Waals surface area (Å²) < 4.78 is 0.946. The minimum Gasteiger partial charge on any atom is -0.255 e. The monoisotopic (exact) mass is 233 g/mol. The summed E-state index contributed by atoms with van der Waals surface area (Å²) >= 11 is 0. The molecule has 18 heavy (non-hydrogen) atoms. The van der Waals surface area contributed by atoms with Crippen LogP contribution in [0.4, 0.5) is 5.69 Å². The zero-order valence-corrected chi connectivity index (χ0v) is 9.50. The number of pyridine rings is 1. The first-order valence-corrected chi connectivity index (χ1v) is 5.79. The average Bonchev–Trinajstić information content (AvgIpc) is 2.86. The number of fused-ring (bicyclic) bond motifs is 4. The molecule has 0 fully saturated rings. The predicted octanol–water partition coefficient (Wildman–Crippen LogP) is 1.34. The maximum absolute atomic E-state index is 12.2. The Balaban J connectivity index is 2.38. The first kappa shape index (κ1) is 9.48. The van der Waals surface area contributed by atoms with Crippen LogP contribution in [0.15, 0.2) is 36.5 Å². The molecule has 0 bridgehead atoms. The summed E-state index contributed by atoms with van der Waals surface area (Å²) in [6.07, 6.45) is 9.30. The van der Waals surface area contributed by atoms with Crippen LogP contribution in [0.5, 0.6) is 0 Å². The molecule has 1 aromatic carbocycles. The van der Waals surface area contributed by atoms with E-state index in [1.807, 2.05) is 42.5 Å². The summed E-state index contributed by atoms with van der Waals surface area (Å²) in [4.78, 5) is 16.6. The van der Waals surface area contributed by atoms with Crippen molar-refractivity contribution in [3.8, 4) is 0 Å². The van der Waals surface area contributed by atoms with Gasteiger partial charge in [0.05, 0.1) is 26.1 Å². The largest absolute Gasteiger partial charge is 0.279 e. The normalized spacial score (nSPS) is 14.3. The van der Waals surface area contributed by atoms with Crippen molar-refractivity contribution < 1.29 is 4.76 Å². The Hall–Kier alpha value is -2.55. The number of nitrogens with zero attached hydrogens (tertiary/aromatic N) is 2. The number of hydrogen-bond donors (Lipinski definition) is 0. The Morgan fingerprint density at radius 2 is 2.06 bits per heavy atom. The number of allylic oxidation sites excluding steroid dienone is 1. The van der Waals surface area contributed by atoms with Crippen molar-refractivity contribution in [1.29, 1.82) is 0 Å². The van der Waals surface area contributed by atoms with Gasteiger partial charge in [0, 0.05) is 11.1 Å². The van der Waals surface area contributed by atoms with Gasteiger partial charge in [-0.05, 0) is 29.5 Å². The summed E-state index contributed by atoms with van der Waals surface area (Å²) in [6, 6.07) is 7.76. The molecule has 1 aliphatic carbocycles. The molecule has 0 spiro atoms. The molecule has 3 heteroatoms. The molecular weight excluding hydrogens is 224 g/mol. The van der Waals surface area contributed by atoms with Crippen molar-refractivity contribution in [2.24, 2.45) is 0 Å². The maximum atomic E-state index is 12.2. The number of aromatic nitrogens is 1. The van der Waals surface area contributed by atoms with E-state index in [0.29, 0.717) is 5.69 Å². The van der Waals surface area contributed by atoms with Crippen LogP contribution in [0.25, 0.3) is 18.4 Å². The van der Waals surface area contributed by atoms with E-state index in [4.69, 9.17) is 0 Å². The molecule has 0 saturated heterocycles. The van der Waals surface area contributed by atoms with Gasteiger partial charge in [-0.1, -0.05) is 18.2 Å². The quantitative estimate of drug-likeness (QED) is 0.643.